The summed E-state index contributed by atoms with van der Waals surface area (Å²) < 4.78 is 12.9. The Morgan fingerprint density at radius 2 is 1.13 bits per heavy atom. The van der Waals surface area contributed by atoms with Crippen LogP contribution in [0.2, 0.25) is 5.02 Å². The van der Waals surface area contributed by atoms with Crippen molar-refractivity contribution < 1.29 is 23.9 Å². The van der Waals surface area contributed by atoms with Crippen LogP contribution in [0.15, 0.2) is 127 Å². The van der Waals surface area contributed by atoms with Gasteiger partial charge in [-0.05, 0) is 76.8 Å². The van der Waals surface area contributed by atoms with E-state index < -0.39 is 30.1 Å². The molecule has 2 fully saturated rings. The van der Waals surface area contributed by atoms with Gasteiger partial charge in [-0.25, -0.2) is 4.79 Å². The molecule has 1 N–H and O–H groups in total. The van der Waals surface area contributed by atoms with Crippen molar-refractivity contribution in [3.63, 3.8) is 0 Å². The third-order valence-electron chi connectivity index (χ3n) is 15.4. The number of amides is 2. The van der Waals surface area contributed by atoms with Gasteiger partial charge in [0.1, 0.15) is 12.6 Å². The fourth-order valence-corrected chi connectivity index (χ4v) is 11.7. The summed E-state index contributed by atoms with van der Waals surface area (Å²) in [5.74, 6) is -0.269. The Kier molecular flexibility index (Phi) is 17.0. The number of rotatable bonds is 11. The second kappa shape index (κ2) is 23.5. The third kappa shape index (κ3) is 12.1. The molecule has 1 saturated carbocycles. The van der Waals surface area contributed by atoms with Crippen molar-refractivity contribution in [2.45, 2.75) is 147 Å². The smallest absolute Gasteiger partial charge is 0.407 e. The molecule has 7 nitrogen and oxygen atoms in total. The number of ether oxygens (including phenoxy) is 2. The van der Waals surface area contributed by atoms with Gasteiger partial charge in [-0.15, -0.1) is 0 Å². The van der Waals surface area contributed by atoms with E-state index in [-0.39, 0.29) is 23.8 Å². The van der Waals surface area contributed by atoms with Crippen LogP contribution in [0.1, 0.15) is 169 Å². The fraction of sp³-hybridized carbons (Fsp3) is 0.459. The third-order valence-corrected chi connectivity index (χ3v) is 15.8. The number of alkyl carbamates (subject to hydrolysis) is 1. The van der Waals surface area contributed by atoms with Gasteiger partial charge in [0, 0.05) is 40.7 Å². The molecule has 364 valence electrons. The second-order valence-corrected chi connectivity index (χ2v) is 21.4. The predicted molar refractivity (Wildman–Crippen MR) is 278 cm³/mol. The zero-order chi connectivity index (χ0) is 48.2. The Morgan fingerprint density at radius 1 is 0.623 bits per heavy atom. The molecule has 3 aliphatic rings. The molecule has 2 aliphatic carbocycles. The SMILES string of the molecule is CC(C)(C)C1CCN(C(=O)[C@H](CC(=O)OC(c2ccccc2)(c2ccc(C3CCCCCCCCCCCCC3)cc2)c2ccccc2Cl)NC(=O)OCC2c3ccccc3-c3ccccc32)CC1. The Balaban J connectivity index is 1.08. The van der Waals surface area contributed by atoms with Crippen molar-refractivity contribution in [1.82, 2.24) is 10.2 Å². The summed E-state index contributed by atoms with van der Waals surface area (Å²) in [5, 5.41) is 3.31. The van der Waals surface area contributed by atoms with E-state index in [0.717, 1.165) is 53.5 Å². The number of nitrogens with one attached hydrogen (secondary N) is 1. The topological polar surface area (TPSA) is 84.9 Å². The van der Waals surface area contributed by atoms with E-state index in [9.17, 15) is 9.59 Å². The zero-order valence-electron chi connectivity index (χ0n) is 41.2. The van der Waals surface area contributed by atoms with Crippen LogP contribution in [-0.2, 0) is 24.7 Å². The molecule has 5 aromatic carbocycles. The maximum absolute atomic E-state index is 15.0. The molecule has 1 unspecified atom stereocenters. The molecule has 2 atom stereocenters. The van der Waals surface area contributed by atoms with Gasteiger partial charge in [0.15, 0.2) is 5.60 Å². The van der Waals surface area contributed by atoms with Crippen molar-refractivity contribution in [2.24, 2.45) is 11.3 Å². The second-order valence-electron chi connectivity index (χ2n) is 21.0. The first kappa shape index (κ1) is 50.0. The Bertz CT molecular complexity index is 2410. The lowest BCUT2D eigenvalue weighted by Crippen LogP contribution is -2.52. The standard InChI is InChI=1S/C61H73ClN2O5/c1-60(2,3)46-38-40-64(41-39-46)58(66)56(63-59(67)68-43-53-51-30-20-18-28-49(51)50-29-19-21-31-52(50)53)42-57(65)69-61(47-26-16-13-17-27-47,54-32-22-23-33-55(54)62)48-36-34-45(35-37-48)44-24-14-11-9-7-5-4-6-8-10-12-15-25-44/h13,16-23,26-37,44,46,53,56H,4-12,14-15,24-25,38-43H2,1-3H3,(H,63,67)/t56-,61?/m0/s1. The van der Waals surface area contributed by atoms with E-state index in [2.05, 4.69) is 74.6 Å². The number of hydrogen-bond acceptors (Lipinski definition) is 5. The molecule has 69 heavy (non-hydrogen) atoms. The van der Waals surface area contributed by atoms with Gasteiger partial charge >= 0.3 is 12.1 Å². The highest BCUT2D eigenvalue weighted by molar-refractivity contribution is 6.31. The Morgan fingerprint density at radius 3 is 1.70 bits per heavy atom. The summed E-state index contributed by atoms with van der Waals surface area (Å²) in [6.07, 6.45) is 17.1. The first-order valence-corrected chi connectivity index (χ1v) is 26.4. The number of esters is 1. The number of carbonyl (C=O) groups excluding carboxylic acids is 3. The van der Waals surface area contributed by atoms with Crippen LogP contribution in [0.3, 0.4) is 0 Å². The van der Waals surface area contributed by atoms with Crippen molar-refractivity contribution in [2.75, 3.05) is 19.7 Å². The molecule has 8 heteroatoms. The maximum atomic E-state index is 15.0. The minimum absolute atomic E-state index is 0.0721. The summed E-state index contributed by atoms with van der Waals surface area (Å²) in [5.41, 5.74) is 6.39. The molecule has 1 saturated heterocycles. The molecule has 1 aliphatic heterocycles. The molecule has 0 bridgehead atoms. The number of benzene rings is 5. The van der Waals surface area contributed by atoms with Gasteiger partial charge in [0.25, 0.3) is 0 Å². The van der Waals surface area contributed by atoms with Crippen LogP contribution in [0.5, 0.6) is 0 Å². The van der Waals surface area contributed by atoms with E-state index in [4.69, 9.17) is 21.1 Å². The highest BCUT2D eigenvalue weighted by atomic mass is 35.5. The van der Waals surface area contributed by atoms with Crippen LogP contribution < -0.4 is 5.32 Å². The van der Waals surface area contributed by atoms with Gasteiger partial charge in [0.2, 0.25) is 5.91 Å². The average molecular weight is 950 g/mol. The van der Waals surface area contributed by atoms with E-state index in [0.29, 0.717) is 41.1 Å². The Labute approximate surface area is 416 Å². The number of hydrogen-bond donors (Lipinski definition) is 1. The number of likely N-dealkylation sites (tertiary alicyclic amines) is 1. The minimum atomic E-state index is -1.49. The average Bonchev–Trinajstić information content (AvgIpc) is 3.69. The van der Waals surface area contributed by atoms with E-state index in [1.54, 1.807) is 4.90 Å². The predicted octanol–water partition coefficient (Wildman–Crippen LogP) is 14.9. The highest BCUT2D eigenvalue weighted by Gasteiger charge is 2.44. The maximum Gasteiger partial charge on any atom is 0.407 e. The summed E-state index contributed by atoms with van der Waals surface area (Å²) in [7, 11) is 0. The van der Waals surface area contributed by atoms with Gasteiger partial charge in [0.05, 0.1) is 6.42 Å². The van der Waals surface area contributed by atoms with Crippen LogP contribution >= 0.6 is 11.6 Å². The first-order valence-electron chi connectivity index (χ1n) is 26.1. The number of halogens is 1. The molecule has 8 rings (SSSR count). The summed E-state index contributed by atoms with van der Waals surface area (Å²) in [4.78, 5) is 45.5. The lowest BCUT2D eigenvalue weighted by Gasteiger charge is -2.40. The lowest BCUT2D eigenvalue weighted by atomic mass is 9.75. The van der Waals surface area contributed by atoms with Crippen molar-refractivity contribution in [3.05, 3.63) is 166 Å². The van der Waals surface area contributed by atoms with E-state index in [1.165, 1.54) is 76.2 Å². The highest BCUT2D eigenvalue weighted by Crippen LogP contribution is 2.46. The van der Waals surface area contributed by atoms with Crippen molar-refractivity contribution in [1.29, 1.82) is 0 Å². The first-order chi connectivity index (χ1) is 33.5. The monoisotopic (exact) mass is 949 g/mol. The summed E-state index contributed by atoms with van der Waals surface area (Å²) in [6, 6.07) is 41.0. The summed E-state index contributed by atoms with van der Waals surface area (Å²) >= 11 is 7.15. The number of fused-ring (bicyclic) bond motifs is 3. The van der Waals surface area contributed by atoms with Crippen molar-refractivity contribution in [3.8, 4) is 11.1 Å². The number of carbonyl (C=O) groups is 3. The molecule has 2 amide bonds. The molecule has 5 aromatic rings. The van der Waals surface area contributed by atoms with Crippen LogP contribution in [-0.4, -0.2) is 48.6 Å². The van der Waals surface area contributed by atoms with Gasteiger partial charge in [-0.2, -0.15) is 0 Å². The van der Waals surface area contributed by atoms with Gasteiger partial charge in [-0.3, -0.25) is 9.59 Å². The normalized spacial score (nSPS) is 18.2. The minimum Gasteiger partial charge on any atom is -0.449 e. The van der Waals surface area contributed by atoms with Gasteiger partial charge < -0.3 is 19.7 Å². The molecule has 0 spiro atoms. The van der Waals surface area contributed by atoms with Gasteiger partial charge in [-0.1, -0.05) is 224 Å². The van der Waals surface area contributed by atoms with Crippen LogP contribution in [0.4, 0.5) is 4.79 Å². The molecule has 1 heterocycles. The molecular weight excluding hydrogens is 876 g/mol. The molecular formula is C61H73ClN2O5. The van der Waals surface area contributed by atoms with Crippen LogP contribution in [0, 0.1) is 11.3 Å². The van der Waals surface area contributed by atoms with Crippen LogP contribution in [0.25, 0.3) is 11.1 Å². The van der Waals surface area contributed by atoms with E-state index >= 15 is 4.79 Å². The Hall–Kier alpha value is -5.40. The molecule has 0 aromatic heterocycles. The fourth-order valence-electron chi connectivity index (χ4n) is 11.5. The zero-order valence-corrected chi connectivity index (χ0v) is 42.0. The number of piperidine rings is 1. The van der Waals surface area contributed by atoms with E-state index in [1.807, 2.05) is 78.9 Å². The molecule has 0 radical (unpaired) electrons. The lowest BCUT2D eigenvalue weighted by molar-refractivity contribution is -0.156. The van der Waals surface area contributed by atoms with Crippen molar-refractivity contribution >= 4 is 29.6 Å². The quantitative estimate of drug-likeness (QED) is 0.105. The summed E-state index contributed by atoms with van der Waals surface area (Å²) in [6.45, 7) is 7.84. The largest absolute Gasteiger partial charge is 0.449 e. The number of nitrogens with zero attached hydrogens (tertiary/aromatic N) is 1.